The standard InChI is InChI=1S/C23H18N4O/c1-15-19(8-5-11-24-15)17-9-10-18-13-25-23(28)22-26-20(14-27(22)21(18)12-17)16-6-3-2-4-7-16/h2-12,14H,13H2,1H3,(H,25,28). The highest BCUT2D eigenvalue weighted by Gasteiger charge is 2.23. The van der Waals surface area contributed by atoms with Crippen LogP contribution in [0.2, 0.25) is 0 Å². The topological polar surface area (TPSA) is 59.8 Å². The molecule has 0 unspecified atom stereocenters. The minimum absolute atomic E-state index is 0.169. The lowest BCUT2D eigenvalue weighted by Gasteiger charge is -2.12. The average molecular weight is 366 g/mol. The van der Waals surface area contributed by atoms with Crippen molar-refractivity contribution in [1.82, 2.24) is 19.9 Å². The number of aromatic nitrogens is 3. The van der Waals surface area contributed by atoms with E-state index in [-0.39, 0.29) is 5.91 Å². The third kappa shape index (κ3) is 2.68. The zero-order chi connectivity index (χ0) is 19.1. The van der Waals surface area contributed by atoms with Crippen LogP contribution in [0.1, 0.15) is 21.9 Å². The zero-order valence-corrected chi connectivity index (χ0v) is 15.4. The van der Waals surface area contributed by atoms with Crippen molar-refractivity contribution in [2.75, 3.05) is 0 Å². The van der Waals surface area contributed by atoms with Gasteiger partial charge in [0.1, 0.15) is 0 Å². The van der Waals surface area contributed by atoms with Crippen LogP contribution in [0.4, 0.5) is 0 Å². The summed E-state index contributed by atoms with van der Waals surface area (Å²) in [4.78, 5) is 21.6. The van der Waals surface area contributed by atoms with Gasteiger partial charge in [-0.05, 0) is 30.2 Å². The minimum Gasteiger partial charge on any atom is -0.345 e. The molecule has 1 aliphatic heterocycles. The SMILES string of the molecule is Cc1ncccc1-c1ccc2c(c1)-n1cc(-c3ccccc3)nc1C(=O)NC2. The Labute approximate surface area is 162 Å². The molecule has 0 saturated carbocycles. The largest absolute Gasteiger partial charge is 0.345 e. The van der Waals surface area contributed by atoms with Gasteiger partial charge in [-0.2, -0.15) is 0 Å². The van der Waals surface area contributed by atoms with E-state index in [0.717, 1.165) is 39.3 Å². The molecule has 0 radical (unpaired) electrons. The molecule has 0 bridgehead atoms. The molecule has 2 aromatic carbocycles. The molecule has 4 aromatic rings. The van der Waals surface area contributed by atoms with Crippen LogP contribution in [0.3, 0.4) is 0 Å². The third-order valence-electron chi connectivity index (χ3n) is 5.08. The molecule has 136 valence electrons. The van der Waals surface area contributed by atoms with Crippen LogP contribution in [0.15, 0.2) is 73.1 Å². The van der Waals surface area contributed by atoms with Crippen molar-refractivity contribution in [1.29, 1.82) is 0 Å². The molecule has 1 amide bonds. The molecule has 0 aliphatic carbocycles. The molecule has 3 heterocycles. The van der Waals surface area contributed by atoms with Crippen LogP contribution >= 0.6 is 0 Å². The van der Waals surface area contributed by atoms with Crippen molar-refractivity contribution < 1.29 is 4.79 Å². The molecule has 2 aromatic heterocycles. The lowest BCUT2D eigenvalue weighted by molar-refractivity contribution is 0.0941. The summed E-state index contributed by atoms with van der Waals surface area (Å²) in [6, 6.07) is 20.2. The monoisotopic (exact) mass is 366 g/mol. The summed E-state index contributed by atoms with van der Waals surface area (Å²) in [5, 5.41) is 2.96. The molecule has 5 heteroatoms. The Morgan fingerprint density at radius 2 is 1.86 bits per heavy atom. The summed E-state index contributed by atoms with van der Waals surface area (Å²) >= 11 is 0. The Bertz CT molecular complexity index is 1190. The first-order valence-corrected chi connectivity index (χ1v) is 9.19. The molecule has 0 saturated heterocycles. The molecule has 5 rings (SSSR count). The molecule has 0 atom stereocenters. The van der Waals surface area contributed by atoms with E-state index in [1.807, 2.05) is 54.1 Å². The smallest absolute Gasteiger partial charge is 0.287 e. The van der Waals surface area contributed by atoms with Crippen molar-refractivity contribution in [3.8, 4) is 28.1 Å². The molecule has 28 heavy (non-hydrogen) atoms. The van der Waals surface area contributed by atoms with Gasteiger partial charge in [0.15, 0.2) is 0 Å². The summed E-state index contributed by atoms with van der Waals surface area (Å²) < 4.78 is 1.90. The molecular weight excluding hydrogens is 348 g/mol. The van der Waals surface area contributed by atoms with E-state index in [9.17, 15) is 4.79 Å². The summed E-state index contributed by atoms with van der Waals surface area (Å²) in [5.41, 5.74) is 6.90. The van der Waals surface area contributed by atoms with Gasteiger partial charge in [0.25, 0.3) is 5.91 Å². The number of imidazole rings is 1. The van der Waals surface area contributed by atoms with E-state index in [4.69, 9.17) is 0 Å². The Hall–Kier alpha value is -3.73. The number of amides is 1. The summed E-state index contributed by atoms with van der Waals surface area (Å²) in [7, 11) is 0. The predicted octanol–water partition coefficient (Wildman–Crippen LogP) is 4.15. The normalized spacial score (nSPS) is 12.7. The molecule has 1 N–H and O–H groups in total. The van der Waals surface area contributed by atoms with Gasteiger partial charge in [-0.3, -0.25) is 14.3 Å². The van der Waals surface area contributed by atoms with Crippen LogP contribution in [-0.2, 0) is 6.54 Å². The second-order valence-electron chi connectivity index (χ2n) is 6.85. The Morgan fingerprint density at radius 1 is 1.00 bits per heavy atom. The number of fused-ring (bicyclic) bond motifs is 3. The fourth-order valence-corrected chi connectivity index (χ4v) is 3.62. The highest BCUT2D eigenvalue weighted by molar-refractivity contribution is 5.93. The quantitative estimate of drug-likeness (QED) is 0.580. The number of carbonyl (C=O) groups is 1. The van der Waals surface area contributed by atoms with Gasteiger partial charge in [-0.15, -0.1) is 0 Å². The van der Waals surface area contributed by atoms with Crippen molar-refractivity contribution in [2.45, 2.75) is 13.5 Å². The first kappa shape index (κ1) is 16.4. The number of nitrogens with zero attached hydrogens (tertiary/aromatic N) is 3. The van der Waals surface area contributed by atoms with Crippen LogP contribution < -0.4 is 5.32 Å². The van der Waals surface area contributed by atoms with Crippen molar-refractivity contribution in [3.05, 3.63) is 90.1 Å². The van der Waals surface area contributed by atoms with Gasteiger partial charge in [0, 0.05) is 35.8 Å². The van der Waals surface area contributed by atoms with Gasteiger partial charge in [0.05, 0.1) is 11.4 Å². The first-order chi connectivity index (χ1) is 13.7. The van der Waals surface area contributed by atoms with E-state index in [1.165, 1.54) is 0 Å². The lowest BCUT2D eigenvalue weighted by Crippen LogP contribution is -2.22. The van der Waals surface area contributed by atoms with Crippen LogP contribution in [0, 0.1) is 6.92 Å². The molecular formula is C23H18N4O. The van der Waals surface area contributed by atoms with Gasteiger partial charge < -0.3 is 5.32 Å². The lowest BCUT2D eigenvalue weighted by atomic mass is 10.0. The average Bonchev–Trinajstić information content (AvgIpc) is 3.14. The van der Waals surface area contributed by atoms with Crippen molar-refractivity contribution in [3.63, 3.8) is 0 Å². The van der Waals surface area contributed by atoms with Gasteiger partial charge >= 0.3 is 0 Å². The van der Waals surface area contributed by atoms with E-state index in [1.54, 1.807) is 6.20 Å². The molecule has 0 fully saturated rings. The first-order valence-electron chi connectivity index (χ1n) is 9.19. The van der Waals surface area contributed by atoms with Gasteiger partial charge in [-0.25, -0.2) is 4.98 Å². The van der Waals surface area contributed by atoms with Gasteiger partial charge in [-0.1, -0.05) is 48.5 Å². The summed E-state index contributed by atoms with van der Waals surface area (Å²) in [6.07, 6.45) is 3.74. The van der Waals surface area contributed by atoms with Gasteiger partial charge in [0.2, 0.25) is 5.82 Å². The van der Waals surface area contributed by atoms with E-state index in [0.29, 0.717) is 12.4 Å². The van der Waals surface area contributed by atoms with Crippen molar-refractivity contribution in [2.24, 2.45) is 0 Å². The van der Waals surface area contributed by atoms with Crippen LogP contribution in [0.25, 0.3) is 28.1 Å². The maximum absolute atomic E-state index is 12.6. The second-order valence-corrected chi connectivity index (χ2v) is 6.85. The highest BCUT2D eigenvalue weighted by atomic mass is 16.2. The highest BCUT2D eigenvalue weighted by Crippen LogP contribution is 2.30. The second kappa shape index (κ2) is 6.46. The predicted molar refractivity (Wildman–Crippen MR) is 108 cm³/mol. The number of hydrogen-bond acceptors (Lipinski definition) is 3. The molecule has 0 spiro atoms. The fraction of sp³-hybridized carbons (Fsp3) is 0.0870. The summed E-state index contributed by atoms with van der Waals surface area (Å²) in [5.74, 6) is 0.232. The molecule has 5 nitrogen and oxygen atoms in total. The maximum atomic E-state index is 12.6. The number of aryl methyl sites for hydroxylation is 1. The Kier molecular flexibility index (Phi) is 3.79. The van der Waals surface area contributed by atoms with Crippen LogP contribution in [-0.4, -0.2) is 20.4 Å². The van der Waals surface area contributed by atoms with Crippen molar-refractivity contribution >= 4 is 5.91 Å². The number of pyridine rings is 1. The number of hydrogen-bond donors (Lipinski definition) is 1. The fourth-order valence-electron chi connectivity index (χ4n) is 3.62. The zero-order valence-electron chi connectivity index (χ0n) is 15.4. The summed E-state index contributed by atoms with van der Waals surface area (Å²) in [6.45, 7) is 2.48. The van der Waals surface area contributed by atoms with E-state index >= 15 is 0 Å². The Morgan fingerprint density at radius 3 is 2.68 bits per heavy atom. The van der Waals surface area contributed by atoms with E-state index < -0.39 is 0 Å². The Balaban J connectivity index is 1.70. The number of carbonyl (C=O) groups excluding carboxylic acids is 1. The number of rotatable bonds is 2. The van der Waals surface area contributed by atoms with Crippen LogP contribution in [0.5, 0.6) is 0 Å². The minimum atomic E-state index is -0.169. The third-order valence-corrected chi connectivity index (χ3v) is 5.08. The number of nitrogens with one attached hydrogen (secondary N) is 1. The molecule has 1 aliphatic rings. The van der Waals surface area contributed by atoms with E-state index in [2.05, 4.69) is 39.6 Å². The number of benzene rings is 2. The maximum Gasteiger partial charge on any atom is 0.287 e.